The molecule has 18 heavy (non-hydrogen) atoms. The molecule has 100 valence electrons. The largest absolute Gasteiger partial charge is 0.313 e. The van der Waals surface area contributed by atoms with Crippen molar-refractivity contribution in [2.75, 3.05) is 18.6 Å². The minimum Gasteiger partial charge on any atom is -0.313 e. The van der Waals surface area contributed by atoms with E-state index in [0.29, 0.717) is 12.0 Å². The van der Waals surface area contributed by atoms with E-state index in [1.807, 2.05) is 0 Å². The van der Waals surface area contributed by atoms with E-state index in [9.17, 15) is 12.8 Å². The van der Waals surface area contributed by atoms with Crippen LogP contribution in [0.15, 0.2) is 18.2 Å². The Morgan fingerprint density at radius 2 is 2.22 bits per heavy atom. The molecule has 2 atom stereocenters. The average Bonchev–Trinajstić information content (AvgIpc) is 2.66. The molecule has 0 saturated carbocycles. The van der Waals surface area contributed by atoms with Gasteiger partial charge in [0.05, 0.1) is 16.5 Å². The Morgan fingerprint density at radius 3 is 2.78 bits per heavy atom. The van der Waals surface area contributed by atoms with Gasteiger partial charge in [-0.2, -0.15) is 0 Å². The maximum absolute atomic E-state index is 14.0. The van der Waals surface area contributed by atoms with Gasteiger partial charge in [-0.1, -0.05) is 23.7 Å². The number of hydrogen-bond acceptors (Lipinski definition) is 3. The first-order valence-corrected chi connectivity index (χ1v) is 7.96. The molecule has 1 aromatic carbocycles. The zero-order valence-electron chi connectivity index (χ0n) is 9.99. The van der Waals surface area contributed by atoms with Crippen molar-refractivity contribution >= 4 is 21.4 Å². The summed E-state index contributed by atoms with van der Waals surface area (Å²) in [6, 6.07) is 4.49. The molecule has 0 bridgehead atoms. The van der Waals surface area contributed by atoms with Crippen LogP contribution in [0.3, 0.4) is 0 Å². The molecule has 0 aromatic heterocycles. The molecule has 2 rings (SSSR count). The number of nitrogens with one attached hydrogen (secondary N) is 1. The summed E-state index contributed by atoms with van der Waals surface area (Å²) < 4.78 is 37.0. The first-order valence-electron chi connectivity index (χ1n) is 5.76. The number of rotatable bonds is 3. The summed E-state index contributed by atoms with van der Waals surface area (Å²) in [6.07, 6.45) is 0.555. The number of sulfone groups is 1. The second kappa shape index (κ2) is 5.15. The van der Waals surface area contributed by atoms with Crippen LogP contribution in [-0.2, 0) is 9.84 Å². The van der Waals surface area contributed by atoms with Gasteiger partial charge in [-0.15, -0.1) is 0 Å². The lowest BCUT2D eigenvalue weighted by atomic mass is 9.92. The summed E-state index contributed by atoms with van der Waals surface area (Å²) in [7, 11) is -1.27. The molecule has 1 fully saturated rings. The molecule has 0 spiro atoms. The highest BCUT2D eigenvalue weighted by Gasteiger charge is 2.35. The van der Waals surface area contributed by atoms with Gasteiger partial charge < -0.3 is 5.32 Å². The summed E-state index contributed by atoms with van der Waals surface area (Å²) >= 11 is 5.76. The summed E-state index contributed by atoms with van der Waals surface area (Å²) in [6.45, 7) is 0. The number of benzene rings is 1. The molecule has 1 heterocycles. The summed E-state index contributed by atoms with van der Waals surface area (Å²) in [5.74, 6) is -0.293. The predicted molar refractivity (Wildman–Crippen MR) is 70.0 cm³/mol. The molecule has 0 amide bonds. The van der Waals surface area contributed by atoms with E-state index in [1.54, 1.807) is 19.2 Å². The Hall–Kier alpha value is -0.650. The normalized spacial score (nSPS) is 24.1. The SMILES string of the molecule is CNC(c1cccc(Cl)c1F)C1CCS(=O)(=O)C1. The van der Waals surface area contributed by atoms with Gasteiger partial charge in [0.1, 0.15) is 5.82 Å². The molecule has 1 aliphatic heterocycles. The van der Waals surface area contributed by atoms with E-state index in [-0.39, 0.29) is 28.5 Å². The van der Waals surface area contributed by atoms with Crippen LogP contribution < -0.4 is 5.32 Å². The fourth-order valence-electron chi connectivity index (χ4n) is 2.49. The molecular formula is C12H15ClFNO2S. The van der Waals surface area contributed by atoms with Crippen molar-refractivity contribution in [2.24, 2.45) is 5.92 Å². The minimum absolute atomic E-state index is 0.0635. The Morgan fingerprint density at radius 1 is 1.50 bits per heavy atom. The summed E-state index contributed by atoms with van der Waals surface area (Å²) in [4.78, 5) is 0. The van der Waals surface area contributed by atoms with E-state index in [1.165, 1.54) is 6.07 Å². The van der Waals surface area contributed by atoms with Crippen molar-refractivity contribution in [3.63, 3.8) is 0 Å². The quantitative estimate of drug-likeness (QED) is 0.928. The van der Waals surface area contributed by atoms with E-state index >= 15 is 0 Å². The van der Waals surface area contributed by atoms with Gasteiger partial charge in [-0.3, -0.25) is 0 Å². The summed E-state index contributed by atoms with van der Waals surface area (Å²) in [5.41, 5.74) is 0.437. The first-order chi connectivity index (χ1) is 8.44. The van der Waals surface area contributed by atoms with Gasteiger partial charge in [0.25, 0.3) is 0 Å². The summed E-state index contributed by atoms with van der Waals surface area (Å²) in [5, 5.41) is 3.07. The maximum atomic E-state index is 14.0. The van der Waals surface area contributed by atoms with E-state index in [0.717, 1.165) is 0 Å². The number of hydrogen-bond donors (Lipinski definition) is 1. The van der Waals surface area contributed by atoms with Gasteiger partial charge in [0, 0.05) is 11.6 Å². The van der Waals surface area contributed by atoms with E-state index < -0.39 is 15.7 Å². The molecular weight excluding hydrogens is 277 g/mol. The van der Waals surface area contributed by atoms with E-state index in [2.05, 4.69) is 5.32 Å². The molecule has 2 unspecified atom stereocenters. The smallest absolute Gasteiger partial charge is 0.150 e. The lowest BCUT2D eigenvalue weighted by Gasteiger charge is -2.23. The lowest BCUT2D eigenvalue weighted by Crippen LogP contribution is -2.27. The Bertz CT molecular complexity index is 547. The Balaban J connectivity index is 2.32. The molecule has 0 aliphatic carbocycles. The highest BCUT2D eigenvalue weighted by molar-refractivity contribution is 7.91. The van der Waals surface area contributed by atoms with Crippen molar-refractivity contribution in [3.8, 4) is 0 Å². The highest BCUT2D eigenvalue weighted by atomic mass is 35.5. The molecule has 1 N–H and O–H groups in total. The van der Waals surface area contributed by atoms with Gasteiger partial charge in [-0.25, -0.2) is 12.8 Å². The van der Waals surface area contributed by atoms with Crippen LogP contribution in [0.1, 0.15) is 18.0 Å². The van der Waals surface area contributed by atoms with Gasteiger partial charge >= 0.3 is 0 Å². The van der Waals surface area contributed by atoms with Crippen molar-refractivity contribution in [3.05, 3.63) is 34.6 Å². The predicted octanol–water partition coefficient (Wildman–Crippen LogP) is 2.17. The van der Waals surface area contributed by atoms with Crippen LogP contribution in [0.4, 0.5) is 4.39 Å². The third-order valence-corrected chi connectivity index (χ3v) is 5.45. The van der Waals surface area contributed by atoms with Crippen molar-refractivity contribution in [2.45, 2.75) is 12.5 Å². The van der Waals surface area contributed by atoms with Gasteiger partial charge in [-0.05, 0) is 25.5 Å². The van der Waals surface area contributed by atoms with Crippen LogP contribution in [-0.4, -0.2) is 27.0 Å². The Labute approximate surface area is 111 Å². The lowest BCUT2D eigenvalue weighted by molar-refractivity contribution is 0.403. The topological polar surface area (TPSA) is 46.2 Å². The zero-order chi connectivity index (χ0) is 13.3. The third kappa shape index (κ3) is 2.68. The molecule has 0 radical (unpaired) electrons. The molecule has 1 saturated heterocycles. The molecule has 1 aromatic rings. The standard InChI is InChI=1S/C12H15ClFNO2S/c1-15-12(8-5-6-18(16,17)7-8)9-3-2-4-10(13)11(9)14/h2-4,8,12,15H,5-7H2,1H3. The van der Waals surface area contributed by atoms with Gasteiger partial charge in [0.15, 0.2) is 9.84 Å². The number of halogens is 2. The van der Waals surface area contributed by atoms with Gasteiger partial charge in [0.2, 0.25) is 0 Å². The third-order valence-electron chi connectivity index (χ3n) is 3.37. The van der Waals surface area contributed by atoms with Crippen LogP contribution in [0.2, 0.25) is 5.02 Å². The van der Waals surface area contributed by atoms with Crippen LogP contribution >= 0.6 is 11.6 Å². The zero-order valence-corrected chi connectivity index (χ0v) is 11.6. The van der Waals surface area contributed by atoms with Crippen LogP contribution in [0.5, 0.6) is 0 Å². The second-order valence-corrected chi connectivity index (χ2v) is 7.21. The molecule has 6 heteroatoms. The monoisotopic (exact) mass is 291 g/mol. The second-order valence-electron chi connectivity index (χ2n) is 4.57. The molecule has 1 aliphatic rings. The van der Waals surface area contributed by atoms with Crippen molar-refractivity contribution in [1.29, 1.82) is 0 Å². The fourth-order valence-corrected chi connectivity index (χ4v) is 4.51. The first kappa shape index (κ1) is 13.8. The molecule has 3 nitrogen and oxygen atoms in total. The maximum Gasteiger partial charge on any atom is 0.150 e. The minimum atomic E-state index is -2.98. The average molecular weight is 292 g/mol. The van der Waals surface area contributed by atoms with Crippen molar-refractivity contribution in [1.82, 2.24) is 5.32 Å². The van der Waals surface area contributed by atoms with Crippen LogP contribution in [0, 0.1) is 11.7 Å². The van der Waals surface area contributed by atoms with E-state index in [4.69, 9.17) is 11.6 Å². The highest BCUT2D eigenvalue weighted by Crippen LogP contribution is 2.33. The fraction of sp³-hybridized carbons (Fsp3) is 0.500. The van der Waals surface area contributed by atoms with Crippen LogP contribution in [0.25, 0.3) is 0 Å². The van der Waals surface area contributed by atoms with Crippen molar-refractivity contribution < 1.29 is 12.8 Å². The Kier molecular flexibility index (Phi) is 3.94.